The van der Waals surface area contributed by atoms with Crippen LogP contribution in [0.3, 0.4) is 0 Å². The first-order chi connectivity index (χ1) is 8.78. The van der Waals surface area contributed by atoms with Crippen molar-refractivity contribution < 1.29 is 4.74 Å². The molecule has 1 unspecified atom stereocenters. The van der Waals surface area contributed by atoms with Crippen molar-refractivity contribution in [2.45, 2.75) is 36.1 Å². The lowest BCUT2D eigenvalue weighted by Gasteiger charge is -2.23. The molecule has 1 aromatic carbocycles. The standard InChI is InChI=1S/C15H21NOS/c1-16-7-3-4-12(16)8-11-10-18-15-6-5-13(17-2)9-14(11)15/h5-6,9,11-12H,3-4,7-8,10H2,1-2H3/t11?,12-/m0/s1. The summed E-state index contributed by atoms with van der Waals surface area (Å²) in [5.74, 6) is 2.96. The van der Waals surface area contributed by atoms with Gasteiger partial charge < -0.3 is 9.64 Å². The van der Waals surface area contributed by atoms with Gasteiger partial charge in [-0.1, -0.05) is 0 Å². The average molecular weight is 263 g/mol. The van der Waals surface area contributed by atoms with Crippen LogP contribution in [0.5, 0.6) is 5.75 Å². The summed E-state index contributed by atoms with van der Waals surface area (Å²) in [5.41, 5.74) is 1.51. The van der Waals surface area contributed by atoms with E-state index >= 15 is 0 Å². The van der Waals surface area contributed by atoms with E-state index in [2.05, 4.69) is 30.1 Å². The molecule has 98 valence electrons. The van der Waals surface area contributed by atoms with Gasteiger partial charge >= 0.3 is 0 Å². The van der Waals surface area contributed by atoms with Gasteiger partial charge in [-0.05, 0) is 62.5 Å². The van der Waals surface area contributed by atoms with Crippen LogP contribution in [0.25, 0.3) is 0 Å². The van der Waals surface area contributed by atoms with Crippen molar-refractivity contribution >= 4 is 11.8 Å². The normalized spacial score (nSPS) is 27.4. The van der Waals surface area contributed by atoms with Crippen molar-refractivity contribution in [1.29, 1.82) is 0 Å². The molecule has 0 aromatic heterocycles. The topological polar surface area (TPSA) is 12.5 Å². The Bertz CT molecular complexity index is 435. The molecule has 0 aliphatic carbocycles. The third-order valence-corrected chi connectivity index (χ3v) is 5.58. The van der Waals surface area contributed by atoms with Gasteiger partial charge in [0, 0.05) is 16.7 Å². The highest BCUT2D eigenvalue weighted by atomic mass is 32.2. The van der Waals surface area contributed by atoms with Gasteiger partial charge in [0.1, 0.15) is 5.75 Å². The fraction of sp³-hybridized carbons (Fsp3) is 0.600. The molecule has 0 amide bonds. The third kappa shape index (κ3) is 2.26. The Morgan fingerprint density at radius 1 is 1.44 bits per heavy atom. The highest BCUT2D eigenvalue weighted by Crippen LogP contribution is 2.44. The first kappa shape index (κ1) is 12.4. The van der Waals surface area contributed by atoms with Crippen LogP contribution in [0.4, 0.5) is 0 Å². The Morgan fingerprint density at radius 2 is 2.33 bits per heavy atom. The van der Waals surface area contributed by atoms with Gasteiger partial charge in [-0.15, -0.1) is 11.8 Å². The molecule has 0 saturated carbocycles. The van der Waals surface area contributed by atoms with Gasteiger partial charge in [0.05, 0.1) is 7.11 Å². The first-order valence-corrected chi connectivity index (χ1v) is 7.77. The fourth-order valence-corrected chi connectivity index (χ4v) is 4.44. The lowest BCUT2D eigenvalue weighted by Crippen LogP contribution is -2.26. The van der Waals surface area contributed by atoms with Gasteiger partial charge in [0.2, 0.25) is 0 Å². The number of benzene rings is 1. The Labute approximate surface area is 114 Å². The molecule has 3 rings (SSSR count). The van der Waals surface area contributed by atoms with Gasteiger partial charge in [-0.2, -0.15) is 0 Å². The Kier molecular flexibility index (Phi) is 3.53. The van der Waals surface area contributed by atoms with Crippen molar-refractivity contribution in [2.24, 2.45) is 0 Å². The van der Waals surface area contributed by atoms with Gasteiger partial charge in [0.15, 0.2) is 0 Å². The molecule has 2 heterocycles. The summed E-state index contributed by atoms with van der Waals surface area (Å²) in [6.07, 6.45) is 4.05. The van der Waals surface area contributed by atoms with E-state index in [4.69, 9.17) is 4.74 Å². The second kappa shape index (κ2) is 5.14. The Balaban J connectivity index is 1.76. The smallest absolute Gasteiger partial charge is 0.119 e. The van der Waals surface area contributed by atoms with Crippen LogP contribution < -0.4 is 4.74 Å². The van der Waals surface area contributed by atoms with Crippen molar-refractivity contribution in [1.82, 2.24) is 4.90 Å². The van der Waals surface area contributed by atoms with E-state index in [-0.39, 0.29) is 0 Å². The molecule has 0 bridgehead atoms. The zero-order chi connectivity index (χ0) is 12.5. The number of likely N-dealkylation sites (tertiary alicyclic amines) is 1. The van der Waals surface area contributed by atoms with Gasteiger partial charge in [-0.3, -0.25) is 0 Å². The summed E-state index contributed by atoms with van der Waals surface area (Å²) in [7, 11) is 4.02. The van der Waals surface area contributed by atoms with Crippen molar-refractivity contribution in [3.8, 4) is 5.75 Å². The number of hydrogen-bond acceptors (Lipinski definition) is 3. The van der Waals surface area contributed by atoms with E-state index in [1.807, 2.05) is 11.8 Å². The molecule has 2 aliphatic heterocycles. The molecule has 2 aliphatic rings. The van der Waals surface area contributed by atoms with Crippen molar-refractivity contribution in [3.05, 3.63) is 23.8 Å². The third-order valence-electron chi connectivity index (χ3n) is 4.32. The molecule has 18 heavy (non-hydrogen) atoms. The Morgan fingerprint density at radius 3 is 3.06 bits per heavy atom. The number of fused-ring (bicyclic) bond motifs is 1. The highest BCUT2D eigenvalue weighted by Gasteiger charge is 2.29. The molecule has 2 atom stereocenters. The molecule has 1 saturated heterocycles. The van der Waals surface area contributed by atoms with Crippen LogP contribution in [0, 0.1) is 0 Å². The molecule has 3 heteroatoms. The molecule has 1 fully saturated rings. The number of methoxy groups -OCH3 is 1. The van der Waals surface area contributed by atoms with E-state index in [1.165, 1.54) is 42.0 Å². The van der Waals surface area contributed by atoms with Gasteiger partial charge in [-0.25, -0.2) is 0 Å². The summed E-state index contributed by atoms with van der Waals surface area (Å²) in [6, 6.07) is 7.33. The van der Waals surface area contributed by atoms with E-state index in [0.29, 0.717) is 5.92 Å². The predicted octanol–water partition coefficient (Wildman–Crippen LogP) is 3.37. The number of thioether (sulfide) groups is 1. The molecule has 0 spiro atoms. The summed E-state index contributed by atoms with van der Waals surface area (Å²) in [4.78, 5) is 3.99. The van der Waals surface area contributed by atoms with E-state index in [0.717, 1.165) is 11.8 Å². The maximum absolute atomic E-state index is 5.36. The minimum atomic E-state index is 0.714. The summed E-state index contributed by atoms with van der Waals surface area (Å²) >= 11 is 2.01. The second-order valence-corrected chi connectivity index (χ2v) is 6.49. The maximum Gasteiger partial charge on any atom is 0.119 e. The van der Waals surface area contributed by atoms with Crippen LogP contribution in [-0.2, 0) is 0 Å². The zero-order valence-electron chi connectivity index (χ0n) is 11.2. The van der Waals surface area contributed by atoms with Crippen LogP contribution >= 0.6 is 11.8 Å². The zero-order valence-corrected chi connectivity index (χ0v) is 12.0. The number of ether oxygens (including phenoxy) is 1. The lowest BCUT2D eigenvalue weighted by atomic mass is 9.93. The molecule has 0 N–H and O–H groups in total. The van der Waals surface area contributed by atoms with Crippen molar-refractivity contribution in [3.63, 3.8) is 0 Å². The minimum Gasteiger partial charge on any atom is -0.497 e. The average Bonchev–Trinajstić information content (AvgIpc) is 2.97. The quantitative estimate of drug-likeness (QED) is 0.829. The van der Waals surface area contributed by atoms with E-state index in [1.54, 1.807) is 7.11 Å². The highest BCUT2D eigenvalue weighted by molar-refractivity contribution is 7.99. The molecule has 2 nitrogen and oxygen atoms in total. The maximum atomic E-state index is 5.36. The van der Waals surface area contributed by atoms with Crippen LogP contribution in [0.2, 0.25) is 0 Å². The van der Waals surface area contributed by atoms with Gasteiger partial charge in [0.25, 0.3) is 0 Å². The first-order valence-electron chi connectivity index (χ1n) is 6.79. The largest absolute Gasteiger partial charge is 0.497 e. The second-order valence-electron chi connectivity index (χ2n) is 5.42. The summed E-state index contributed by atoms with van der Waals surface area (Å²) in [6.45, 7) is 1.27. The molecular weight excluding hydrogens is 242 g/mol. The number of hydrogen-bond donors (Lipinski definition) is 0. The van der Waals surface area contributed by atoms with Crippen LogP contribution in [-0.4, -0.2) is 37.4 Å². The molecule has 0 radical (unpaired) electrons. The fourth-order valence-electron chi connectivity index (χ4n) is 3.18. The van der Waals surface area contributed by atoms with E-state index in [9.17, 15) is 0 Å². The summed E-state index contributed by atoms with van der Waals surface area (Å²) < 4.78 is 5.36. The monoisotopic (exact) mass is 263 g/mol. The van der Waals surface area contributed by atoms with Crippen LogP contribution in [0.1, 0.15) is 30.7 Å². The SMILES string of the molecule is COc1ccc2c(c1)C(C[C@@H]1CCCN1C)CS2. The van der Waals surface area contributed by atoms with Crippen molar-refractivity contribution in [2.75, 3.05) is 26.5 Å². The lowest BCUT2D eigenvalue weighted by molar-refractivity contribution is 0.286. The number of nitrogens with zero attached hydrogens (tertiary/aromatic N) is 1. The molecular formula is C15H21NOS. The molecule has 1 aromatic rings. The van der Waals surface area contributed by atoms with Crippen LogP contribution in [0.15, 0.2) is 23.1 Å². The summed E-state index contributed by atoms with van der Waals surface area (Å²) in [5, 5.41) is 0. The minimum absolute atomic E-state index is 0.714. The Hall–Kier alpha value is -0.670. The number of rotatable bonds is 3. The predicted molar refractivity (Wildman–Crippen MR) is 76.7 cm³/mol. The van der Waals surface area contributed by atoms with E-state index < -0.39 is 0 Å².